The minimum atomic E-state index is -3.89. The number of ketones is 1. The third-order valence-corrected chi connectivity index (χ3v) is 6.33. The molecule has 0 unspecified atom stereocenters. The molecule has 1 aliphatic heterocycles. The number of hydrogen-bond donors (Lipinski definition) is 2. The van der Waals surface area contributed by atoms with Gasteiger partial charge in [0.2, 0.25) is 5.91 Å². The van der Waals surface area contributed by atoms with Crippen LogP contribution in [0, 0.1) is 0 Å². The van der Waals surface area contributed by atoms with Crippen molar-refractivity contribution in [1.29, 1.82) is 0 Å². The molecule has 0 aromatic heterocycles. The van der Waals surface area contributed by atoms with E-state index in [0.29, 0.717) is 11.3 Å². The smallest absolute Gasteiger partial charge is 0.262 e. The first-order chi connectivity index (χ1) is 13.7. The highest BCUT2D eigenvalue weighted by molar-refractivity contribution is 7.91. The van der Waals surface area contributed by atoms with E-state index < -0.39 is 21.5 Å². The van der Waals surface area contributed by atoms with Crippen LogP contribution in [0.2, 0.25) is 5.02 Å². The van der Waals surface area contributed by atoms with Crippen molar-refractivity contribution in [1.82, 2.24) is 0 Å². The Bertz CT molecular complexity index is 1110. The highest BCUT2D eigenvalue weighted by Crippen LogP contribution is 2.36. The number of fused-ring (bicyclic) bond motifs is 1. The van der Waals surface area contributed by atoms with Crippen LogP contribution >= 0.6 is 11.6 Å². The fourth-order valence-electron chi connectivity index (χ4n) is 2.70. The second kappa shape index (κ2) is 8.22. The molecule has 0 bridgehead atoms. The van der Waals surface area contributed by atoms with Crippen molar-refractivity contribution in [2.75, 3.05) is 23.0 Å². The van der Waals surface area contributed by atoms with Gasteiger partial charge in [0.1, 0.15) is 5.75 Å². The standard InChI is InChI=1S/C19H17ClN2O6S/c1-11(23)12-3-2-4-13(7-12)21-18(24)5-6-29(26,27)17-9-16-15(8-14(17)20)22-19(25)10-28-16/h2-4,7-9H,5-6,10H2,1H3,(H,21,24)(H,22,25). The summed E-state index contributed by atoms with van der Waals surface area (Å²) in [6.07, 6.45) is -0.308. The normalized spacial score (nSPS) is 13.1. The molecule has 0 atom stereocenters. The van der Waals surface area contributed by atoms with Crippen LogP contribution < -0.4 is 15.4 Å². The monoisotopic (exact) mass is 436 g/mol. The highest BCUT2D eigenvalue weighted by atomic mass is 35.5. The van der Waals surface area contributed by atoms with Gasteiger partial charge in [-0.1, -0.05) is 23.7 Å². The maximum absolute atomic E-state index is 12.7. The first-order valence-electron chi connectivity index (χ1n) is 8.55. The number of Topliss-reactive ketones (excluding diaryl/α,β-unsaturated/α-hetero) is 1. The van der Waals surface area contributed by atoms with E-state index in [9.17, 15) is 22.8 Å². The van der Waals surface area contributed by atoms with Gasteiger partial charge in [0.25, 0.3) is 5.91 Å². The van der Waals surface area contributed by atoms with Crippen LogP contribution in [0.25, 0.3) is 0 Å². The minimum Gasteiger partial charge on any atom is -0.482 e. The number of sulfone groups is 1. The fraction of sp³-hybridized carbons (Fsp3) is 0.211. The Balaban J connectivity index is 1.70. The molecule has 2 N–H and O–H groups in total. The summed E-state index contributed by atoms with van der Waals surface area (Å²) in [5, 5.41) is 5.03. The van der Waals surface area contributed by atoms with Crippen LogP contribution in [0.3, 0.4) is 0 Å². The van der Waals surface area contributed by atoms with Crippen LogP contribution in [0.5, 0.6) is 5.75 Å². The summed E-state index contributed by atoms with van der Waals surface area (Å²) in [4.78, 5) is 34.7. The van der Waals surface area contributed by atoms with Gasteiger partial charge in [-0.3, -0.25) is 14.4 Å². The second-order valence-electron chi connectivity index (χ2n) is 6.37. The third kappa shape index (κ3) is 4.93. The summed E-state index contributed by atoms with van der Waals surface area (Å²) in [5.41, 5.74) is 1.12. The van der Waals surface area contributed by atoms with Crippen molar-refractivity contribution in [2.45, 2.75) is 18.2 Å². The molecule has 3 rings (SSSR count). The summed E-state index contributed by atoms with van der Waals surface area (Å²) in [6, 6.07) is 8.89. The quantitative estimate of drug-likeness (QED) is 0.672. The summed E-state index contributed by atoms with van der Waals surface area (Å²) in [5.74, 6) is -1.32. The van der Waals surface area contributed by atoms with Crippen molar-refractivity contribution in [3.05, 3.63) is 47.0 Å². The van der Waals surface area contributed by atoms with Crippen LogP contribution in [-0.4, -0.2) is 38.4 Å². The first kappa shape index (κ1) is 20.8. The average Bonchev–Trinajstić information content (AvgIpc) is 2.66. The Labute approximate surface area is 172 Å². The number of rotatable bonds is 6. The van der Waals surface area contributed by atoms with Crippen molar-refractivity contribution in [3.8, 4) is 5.75 Å². The number of carbonyl (C=O) groups is 3. The number of amides is 2. The van der Waals surface area contributed by atoms with Gasteiger partial charge >= 0.3 is 0 Å². The topological polar surface area (TPSA) is 119 Å². The average molecular weight is 437 g/mol. The van der Waals surface area contributed by atoms with E-state index in [1.807, 2.05) is 0 Å². The molecule has 8 nitrogen and oxygen atoms in total. The zero-order valence-electron chi connectivity index (χ0n) is 15.3. The summed E-state index contributed by atoms with van der Waals surface area (Å²) >= 11 is 6.07. The second-order valence-corrected chi connectivity index (χ2v) is 8.85. The van der Waals surface area contributed by atoms with Gasteiger partial charge in [-0.05, 0) is 25.1 Å². The summed E-state index contributed by atoms with van der Waals surface area (Å²) < 4.78 is 30.5. The zero-order valence-corrected chi connectivity index (χ0v) is 16.9. The van der Waals surface area contributed by atoms with E-state index in [2.05, 4.69) is 10.6 Å². The molecular formula is C19H17ClN2O6S. The number of hydrogen-bond acceptors (Lipinski definition) is 6. The van der Waals surface area contributed by atoms with Crippen molar-refractivity contribution >= 4 is 50.4 Å². The lowest BCUT2D eigenvalue weighted by atomic mass is 10.1. The number of nitrogens with one attached hydrogen (secondary N) is 2. The minimum absolute atomic E-state index is 0.0795. The van der Waals surface area contributed by atoms with Gasteiger partial charge < -0.3 is 15.4 Å². The van der Waals surface area contributed by atoms with Gasteiger partial charge in [-0.25, -0.2) is 8.42 Å². The molecule has 2 aromatic rings. The van der Waals surface area contributed by atoms with Gasteiger partial charge in [0.15, 0.2) is 22.2 Å². The fourth-order valence-corrected chi connectivity index (χ4v) is 4.53. The number of benzene rings is 2. The lowest BCUT2D eigenvalue weighted by molar-refractivity contribution is -0.118. The highest BCUT2D eigenvalue weighted by Gasteiger charge is 2.25. The first-order valence-corrected chi connectivity index (χ1v) is 10.6. The van der Waals surface area contributed by atoms with Crippen molar-refractivity contribution in [3.63, 3.8) is 0 Å². The molecule has 152 valence electrons. The van der Waals surface area contributed by atoms with E-state index in [0.717, 1.165) is 0 Å². The molecule has 10 heteroatoms. The maximum Gasteiger partial charge on any atom is 0.262 e. The van der Waals surface area contributed by atoms with E-state index in [1.54, 1.807) is 18.2 Å². The Morgan fingerprint density at radius 3 is 2.72 bits per heavy atom. The predicted molar refractivity (Wildman–Crippen MR) is 107 cm³/mol. The Morgan fingerprint density at radius 2 is 2.00 bits per heavy atom. The van der Waals surface area contributed by atoms with Crippen molar-refractivity contribution < 1.29 is 27.5 Å². The summed E-state index contributed by atoms with van der Waals surface area (Å²) in [7, 11) is -3.89. The van der Waals surface area contributed by atoms with E-state index >= 15 is 0 Å². The Morgan fingerprint density at radius 1 is 1.24 bits per heavy atom. The largest absolute Gasteiger partial charge is 0.482 e. The third-order valence-electron chi connectivity index (χ3n) is 4.15. The molecule has 0 radical (unpaired) electrons. The number of ether oxygens (including phenoxy) is 1. The molecule has 0 saturated heterocycles. The van der Waals surface area contributed by atoms with Gasteiger partial charge in [0, 0.05) is 23.7 Å². The zero-order chi connectivity index (χ0) is 21.2. The van der Waals surface area contributed by atoms with E-state index in [-0.39, 0.29) is 46.1 Å². The number of halogens is 1. The molecular weight excluding hydrogens is 420 g/mol. The van der Waals surface area contributed by atoms with E-state index in [4.69, 9.17) is 16.3 Å². The Kier molecular flexibility index (Phi) is 5.90. The molecule has 2 aromatic carbocycles. The summed E-state index contributed by atoms with van der Waals surface area (Å²) in [6.45, 7) is 1.18. The molecule has 0 fully saturated rings. The van der Waals surface area contributed by atoms with Crippen molar-refractivity contribution in [2.24, 2.45) is 0 Å². The van der Waals surface area contributed by atoms with Crippen LogP contribution in [0.1, 0.15) is 23.7 Å². The lowest BCUT2D eigenvalue weighted by Gasteiger charge is -2.19. The molecule has 0 spiro atoms. The molecule has 29 heavy (non-hydrogen) atoms. The van der Waals surface area contributed by atoms with Gasteiger partial charge in [0.05, 0.1) is 21.4 Å². The molecule has 2 amide bonds. The van der Waals surface area contributed by atoms with Crippen LogP contribution in [0.4, 0.5) is 11.4 Å². The molecule has 0 saturated carbocycles. The van der Waals surface area contributed by atoms with Crippen LogP contribution in [-0.2, 0) is 19.4 Å². The Hall–Kier alpha value is -2.91. The van der Waals surface area contributed by atoms with Gasteiger partial charge in [-0.2, -0.15) is 0 Å². The molecule has 1 heterocycles. The predicted octanol–water partition coefficient (Wildman–Crippen LogP) is 2.68. The number of carbonyl (C=O) groups excluding carboxylic acids is 3. The molecule has 1 aliphatic rings. The lowest BCUT2D eigenvalue weighted by Crippen LogP contribution is -2.25. The SMILES string of the molecule is CC(=O)c1cccc(NC(=O)CCS(=O)(=O)c2cc3c(cc2Cl)NC(=O)CO3)c1. The maximum atomic E-state index is 12.7. The van der Waals surface area contributed by atoms with Gasteiger partial charge in [-0.15, -0.1) is 0 Å². The molecule has 0 aliphatic carbocycles. The van der Waals surface area contributed by atoms with E-state index in [1.165, 1.54) is 25.1 Å². The number of anilines is 2. The van der Waals surface area contributed by atoms with Crippen LogP contribution in [0.15, 0.2) is 41.3 Å².